The summed E-state index contributed by atoms with van der Waals surface area (Å²) in [4.78, 5) is 0. The number of hydrogen-bond acceptors (Lipinski definition) is 0. The van der Waals surface area contributed by atoms with Crippen molar-refractivity contribution < 1.29 is 0 Å². The van der Waals surface area contributed by atoms with Crippen LogP contribution in [0.5, 0.6) is 0 Å². The molecule has 0 amide bonds. The van der Waals surface area contributed by atoms with Crippen LogP contribution >= 0.6 is 0 Å². The Bertz CT molecular complexity index is 3730. The van der Waals surface area contributed by atoms with E-state index < -0.39 is 0 Å². The minimum atomic E-state index is 1.23. The molecule has 0 heteroatoms. The van der Waals surface area contributed by atoms with Gasteiger partial charge in [0, 0.05) is 0 Å². The molecule has 1 aliphatic rings. The Kier molecular flexibility index (Phi) is 6.54. The Hall–Kier alpha value is -7.54. The number of rotatable bonds is 3. The highest BCUT2D eigenvalue weighted by Gasteiger charge is 2.24. The third-order valence-electron chi connectivity index (χ3n) is 12.9. The molecule has 0 unspecified atom stereocenters. The monoisotopic (exact) mass is 730 g/mol. The van der Waals surface area contributed by atoms with Gasteiger partial charge in [0.2, 0.25) is 0 Å². The van der Waals surface area contributed by atoms with E-state index in [4.69, 9.17) is 0 Å². The molecule has 1 aliphatic carbocycles. The van der Waals surface area contributed by atoms with Gasteiger partial charge < -0.3 is 0 Å². The molecule has 266 valence electrons. The third-order valence-corrected chi connectivity index (χ3v) is 12.9. The Balaban J connectivity index is 0.878. The molecule has 0 spiro atoms. The summed E-state index contributed by atoms with van der Waals surface area (Å²) in [5.74, 6) is 0. The molecule has 0 saturated carbocycles. The topological polar surface area (TPSA) is 0 Å². The summed E-state index contributed by atoms with van der Waals surface area (Å²) >= 11 is 0. The average molecular weight is 731 g/mol. The summed E-state index contributed by atoms with van der Waals surface area (Å²) in [5.41, 5.74) is 12.9. The van der Waals surface area contributed by atoms with Crippen LogP contribution < -0.4 is 0 Å². The maximum atomic E-state index is 2.39. The second-order valence-electron chi connectivity index (χ2n) is 16.0. The summed E-state index contributed by atoms with van der Waals surface area (Å²) in [6, 6.07) is 77.1. The Morgan fingerprint density at radius 3 is 1.24 bits per heavy atom. The zero-order valence-electron chi connectivity index (χ0n) is 31.6. The third kappa shape index (κ3) is 4.58. The fourth-order valence-corrected chi connectivity index (χ4v) is 10.2. The standard InChI is InChI=1S/C58H34/c1-3-11-45-35(8-1)10-7-15-46(45)43-22-26-49-41(32-43)18-16-39-30-36(20-24-47(39)49)37-21-25-48-40(31-37)17-19-42-33-44(23-27-50(42)48)52-28-29-55-53-13-5-6-14-54(53)56-34-38-9-2-4-12-51(38)57(52)58(55)56/h1-34H. The van der Waals surface area contributed by atoms with Crippen LogP contribution in [0.4, 0.5) is 0 Å². The molecule has 13 rings (SSSR count). The molecule has 12 aromatic carbocycles. The van der Waals surface area contributed by atoms with Crippen molar-refractivity contribution in [2.24, 2.45) is 0 Å². The van der Waals surface area contributed by atoms with E-state index in [1.54, 1.807) is 0 Å². The van der Waals surface area contributed by atoms with E-state index >= 15 is 0 Å². The normalized spacial score (nSPS) is 12.1. The Morgan fingerprint density at radius 2 is 0.603 bits per heavy atom. The van der Waals surface area contributed by atoms with E-state index in [-0.39, 0.29) is 0 Å². The quantitative estimate of drug-likeness (QED) is 0.159. The highest BCUT2D eigenvalue weighted by molar-refractivity contribution is 6.27. The average Bonchev–Trinajstić information content (AvgIpc) is 3.61. The Morgan fingerprint density at radius 1 is 0.172 bits per heavy atom. The minimum absolute atomic E-state index is 1.23. The van der Waals surface area contributed by atoms with Gasteiger partial charge in [-0.2, -0.15) is 0 Å². The zero-order chi connectivity index (χ0) is 37.9. The summed E-state index contributed by atoms with van der Waals surface area (Å²) in [6.07, 6.45) is 0. The largest absolute Gasteiger partial charge is 0.0616 e. The van der Waals surface area contributed by atoms with Gasteiger partial charge in [-0.1, -0.05) is 176 Å². The summed E-state index contributed by atoms with van der Waals surface area (Å²) < 4.78 is 0. The lowest BCUT2D eigenvalue weighted by molar-refractivity contribution is 1.67. The van der Waals surface area contributed by atoms with Crippen LogP contribution in [-0.2, 0) is 0 Å². The van der Waals surface area contributed by atoms with Crippen LogP contribution in [0.3, 0.4) is 0 Å². The molecule has 58 heavy (non-hydrogen) atoms. The van der Waals surface area contributed by atoms with Crippen LogP contribution in [0.15, 0.2) is 206 Å². The van der Waals surface area contributed by atoms with Gasteiger partial charge in [-0.25, -0.2) is 0 Å². The molecular weight excluding hydrogens is 697 g/mol. The van der Waals surface area contributed by atoms with Gasteiger partial charge in [0.1, 0.15) is 0 Å². The van der Waals surface area contributed by atoms with E-state index in [0.29, 0.717) is 0 Å². The van der Waals surface area contributed by atoms with E-state index in [1.807, 2.05) is 0 Å². The highest BCUT2D eigenvalue weighted by Crippen LogP contribution is 2.52. The first-order valence-electron chi connectivity index (χ1n) is 20.2. The van der Waals surface area contributed by atoms with Crippen LogP contribution in [0.1, 0.15) is 0 Å². The Labute approximate surface area is 335 Å². The predicted molar refractivity (Wildman–Crippen MR) is 250 cm³/mol. The van der Waals surface area contributed by atoms with E-state index in [0.717, 1.165) is 0 Å². The lowest BCUT2D eigenvalue weighted by atomic mass is 9.89. The van der Waals surface area contributed by atoms with Crippen LogP contribution in [0, 0.1) is 0 Å². The molecular formula is C58H34. The van der Waals surface area contributed by atoms with Gasteiger partial charge >= 0.3 is 0 Å². The van der Waals surface area contributed by atoms with Gasteiger partial charge in [0.25, 0.3) is 0 Å². The molecule has 0 aromatic heterocycles. The molecule has 0 fully saturated rings. The zero-order valence-corrected chi connectivity index (χ0v) is 31.6. The van der Waals surface area contributed by atoms with Gasteiger partial charge in [0.15, 0.2) is 0 Å². The van der Waals surface area contributed by atoms with Crippen molar-refractivity contribution in [2.45, 2.75) is 0 Å². The SMILES string of the molecule is c1ccc2c(c1)-c1ccc(-c3ccc4c(ccc5cc(-c6ccc7c(ccc8cc(-c9cccc%10ccccc9%10)ccc87)c6)ccc54)c3)c3c1c-2cc1ccccc13. The minimum Gasteiger partial charge on any atom is -0.0616 e. The molecule has 0 saturated heterocycles. The van der Waals surface area contributed by atoms with Crippen molar-refractivity contribution in [1.82, 2.24) is 0 Å². The van der Waals surface area contributed by atoms with Gasteiger partial charge in [-0.3, -0.25) is 0 Å². The first kappa shape index (κ1) is 31.6. The number of hydrogen-bond donors (Lipinski definition) is 0. The maximum absolute atomic E-state index is 2.39. The van der Waals surface area contributed by atoms with Crippen molar-refractivity contribution >= 4 is 75.4 Å². The summed E-state index contributed by atoms with van der Waals surface area (Å²) in [6.45, 7) is 0. The van der Waals surface area contributed by atoms with Crippen LogP contribution in [0.25, 0.3) is 131 Å². The molecule has 0 N–H and O–H groups in total. The van der Waals surface area contributed by atoms with Crippen LogP contribution in [0.2, 0.25) is 0 Å². The number of benzene rings is 12. The molecule has 0 heterocycles. The van der Waals surface area contributed by atoms with Gasteiger partial charge in [0.05, 0.1) is 0 Å². The molecule has 0 nitrogen and oxygen atoms in total. The maximum Gasteiger partial charge on any atom is -0.00137 e. The first-order valence-corrected chi connectivity index (χ1v) is 20.2. The fourth-order valence-electron chi connectivity index (χ4n) is 10.2. The molecule has 0 atom stereocenters. The second kappa shape index (κ2) is 12.0. The van der Waals surface area contributed by atoms with Crippen molar-refractivity contribution in [3.63, 3.8) is 0 Å². The lowest BCUT2D eigenvalue weighted by Gasteiger charge is -2.14. The van der Waals surface area contributed by atoms with Crippen molar-refractivity contribution in [3.05, 3.63) is 206 Å². The molecule has 0 aliphatic heterocycles. The van der Waals surface area contributed by atoms with Gasteiger partial charge in [-0.05, 0) is 161 Å². The van der Waals surface area contributed by atoms with Crippen molar-refractivity contribution in [1.29, 1.82) is 0 Å². The lowest BCUT2D eigenvalue weighted by Crippen LogP contribution is -1.87. The molecule has 12 aromatic rings. The van der Waals surface area contributed by atoms with Crippen molar-refractivity contribution in [3.8, 4) is 55.6 Å². The summed E-state index contributed by atoms with van der Waals surface area (Å²) in [5, 5.41) is 18.0. The van der Waals surface area contributed by atoms with Crippen molar-refractivity contribution in [2.75, 3.05) is 0 Å². The van der Waals surface area contributed by atoms with E-state index in [2.05, 4.69) is 206 Å². The molecule has 0 radical (unpaired) electrons. The summed E-state index contributed by atoms with van der Waals surface area (Å²) in [7, 11) is 0. The number of fused-ring (bicyclic) bond motifs is 12. The van der Waals surface area contributed by atoms with Gasteiger partial charge in [-0.15, -0.1) is 0 Å². The smallest absolute Gasteiger partial charge is 0.00137 e. The van der Waals surface area contributed by atoms with E-state index in [1.165, 1.54) is 131 Å². The molecule has 0 bridgehead atoms. The van der Waals surface area contributed by atoms with Crippen LogP contribution in [-0.4, -0.2) is 0 Å². The first-order chi connectivity index (χ1) is 28.7. The second-order valence-corrected chi connectivity index (χ2v) is 16.0. The highest BCUT2D eigenvalue weighted by atomic mass is 14.3. The van der Waals surface area contributed by atoms with E-state index in [9.17, 15) is 0 Å². The predicted octanol–water partition coefficient (Wildman–Crippen LogP) is 16.4. The fraction of sp³-hybridized carbons (Fsp3) is 0.